The van der Waals surface area contributed by atoms with Crippen molar-refractivity contribution in [1.29, 1.82) is 0 Å². The second-order valence-electron chi connectivity index (χ2n) is 7.57. The van der Waals surface area contributed by atoms with E-state index in [2.05, 4.69) is 10.3 Å². The van der Waals surface area contributed by atoms with Crippen molar-refractivity contribution >= 4 is 40.2 Å². The fraction of sp³-hybridized carbons (Fsp3) is 0.348. The lowest BCUT2D eigenvalue weighted by Crippen LogP contribution is -2.33. The zero-order valence-corrected chi connectivity index (χ0v) is 18.8. The van der Waals surface area contributed by atoms with Crippen LogP contribution in [0.1, 0.15) is 25.3 Å². The Hall–Kier alpha value is -2.35. The number of nitrogens with zero attached hydrogens (tertiary/aromatic N) is 2. The highest BCUT2D eigenvalue weighted by molar-refractivity contribution is 8.00. The van der Waals surface area contributed by atoms with Crippen LogP contribution >= 0.6 is 23.4 Å². The number of thioether (sulfide) groups is 1. The van der Waals surface area contributed by atoms with E-state index in [1.54, 1.807) is 22.8 Å². The topological polar surface area (TPSA) is 73.2 Å². The van der Waals surface area contributed by atoms with Gasteiger partial charge in [0.2, 0.25) is 5.91 Å². The van der Waals surface area contributed by atoms with E-state index in [-0.39, 0.29) is 17.6 Å². The van der Waals surface area contributed by atoms with Gasteiger partial charge < -0.3 is 10.1 Å². The van der Waals surface area contributed by atoms with Crippen LogP contribution in [0.2, 0.25) is 5.02 Å². The minimum absolute atomic E-state index is 0.0224. The van der Waals surface area contributed by atoms with Gasteiger partial charge in [0.1, 0.15) is 0 Å². The molecule has 0 aliphatic carbocycles. The lowest BCUT2D eigenvalue weighted by Gasteiger charge is -2.18. The molecule has 1 fully saturated rings. The van der Waals surface area contributed by atoms with Gasteiger partial charge in [0.25, 0.3) is 5.56 Å². The number of nitrogens with one attached hydrogen (secondary N) is 1. The summed E-state index contributed by atoms with van der Waals surface area (Å²) in [5.41, 5.74) is 1.42. The van der Waals surface area contributed by atoms with E-state index in [4.69, 9.17) is 16.3 Å². The average molecular weight is 458 g/mol. The first-order valence-electron chi connectivity index (χ1n) is 10.3. The van der Waals surface area contributed by atoms with Crippen LogP contribution in [0, 0.1) is 0 Å². The maximum absolute atomic E-state index is 13.2. The van der Waals surface area contributed by atoms with Gasteiger partial charge in [-0.25, -0.2) is 4.98 Å². The van der Waals surface area contributed by atoms with Gasteiger partial charge in [0.05, 0.1) is 28.8 Å². The van der Waals surface area contributed by atoms with E-state index in [1.165, 1.54) is 11.8 Å². The number of amides is 1. The monoisotopic (exact) mass is 457 g/mol. The molecule has 0 spiro atoms. The third-order valence-electron chi connectivity index (χ3n) is 5.25. The van der Waals surface area contributed by atoms with Crippen LogP contribution in [0.15, 0.2) is 58.5 Å². The first-order chi connectivity index (χ1) is 15.0. The fourth-order valence-corrected chi connectivity index (χ4v) is 4.67. The molecule has 2 atom stereocenters. The van der Waals surface area contributed by atoms with E-state index >= 15 is 0 Å². The van der Waals surface area contributed by atoms with Gasteiger partial charge >= 0.3 is 0 Å². The van der Waals surface area contributed by atoms with Crippen molar-refractivity contribution in [1.82, 2.24) is 14.9 Å². The van der Waals surface area contributed by atoms with Gasteiger partial charge in [0, 0.05) is 18.2 Å². The maximum atomic E-state index is 13.2. The van der Waals surface area contributed by atoms with E-state index < -0.39 is 5.25 Å². The summed E-state index contributed by atoms with van der Waals surface area (Å²) >= 11 is 7.39. The number of aromatic nitrogens is 2. The number of halogens is 1. The molecule has 162 valence electrons. The Morgan fingerprint density at radius 3 is 2.87 bits per heavy atom. The molecular formula is C23H24ClN3O3S. The molecule has 8 heteroatoms. The number of carbonyl (C=O) groups is 1. The van der Waals surface area contributed by atoms with Crippen LogP contribution in [0.3, 0.4) is 0 Å². The van der Waals surface area contributed by atoms with E-state index in [9.17, 15) is 9.59 Å². The van der Waals surface area contributed by atoms with Gasteiger partial charge in [-0.3, -0.25) is 14.2 Å². The fourth-order valence-electron chi connectivity index (χ4n) is 3.56. The molecule has 2 heterocycles. The Morgan fingerprint density at radius 2 is 2.13 bits per heavy atom. The number of benzene rings is 2. The molecule has 3 aromatic rings. The minimum atomic E-state index is -0.428. The standard InChI is InChI=1S/C23H24ClN3O3S/c1-15(21(28)25-13-16-6-3-2-4-7-16)31-23-26-20-12-17(24)9-10-19(20)22(29)27(23)14-18-8-5-11-30-18/h2-4,6-7,9-10,12,15,18H,5,8,11,13-14H2,1H3,(H,25,28). The number of fused-ring (bicyclic) bond motifs is 1. The van der Waals surface area contributed by atoms with Crippen molar-refractivity contribution in [2.45, 2.75) is 49.4 Å². The van der Waals surface area contributed by atoms with Crippen molar-refractivity contribution in [3.8, 4) is 0 Å². The van der Waals surface area contributed by atoms with Crippen LogP contribution in [0.25, 0.3) is 10.9 Å². The molecule has 1 amide bonds. The molecule has 1 N–H and O–H groups in total. The molecule has 0 radical (unpaired) electrons. The zero-order valence-electron chi connectivity index (χ0n) is 17.2. The Kier molecular flexibility index (Phi) is 6.95. The van der Waals surface area contributed by atoms with Crippen LogP contribution in [0.4, 0.5) is 0 Å². The summed E-state index contributed by atoms with van der Waals surface area (Å²) in [6.07, 6.45) is 1.87. The second-order valence-corrected chi connectivity index (χ2v) is 9.31. The van der Waals surface area contributed by atoms with E-state index in [0.29, 0.717) is 40.8 Å². The molecular weight excluding hydrogens is 434 g/mol. The van der Waals surface area contributed by atoms with Crippen molar-refractivity contribution in [3.63, 3.8) is 0 Å². The van der Waals surface area contributed by atoms with Crippen molar-refractivity contribution in [3.05, 3.63) is 69.5 Å². The molecule has 1 saturated heterocycles. The Morgan fingerprint density at radius 1 is 1.32 bits per heavy atom. The van der Waals surface area contributed by atoms with E-state index in [0.717, 1.165) is 18.4 Å². The largest absolute Gasteiger partial charge is 0.376 e. The number of hydrogen-bond acceptors (Lipinski definition) is 5. The number of hydrogen-bond donors (Lipinski definition) is 1. The quantitative estimate of drug-likeness (QED) is 0.428. The average Bonchev–Trinajstić information content (AvgIpc) is 3.28. The first-order valence-corrected chi connectivity index (χ1v) is 11.6. The normalized spacial score (nSPS) is 17.0. The van der Waals surface area contributed by atoms with Crippen molar-refractivity contribution < 1.29 is 9.53 Å². The van der Waals surface area contributed by atoms with Gasteiger partial charge in [-0.1, -0.05) is 53.7 Å². The molecule has 6 nitrogen and oxygen atoms in total. The maximum Gasteiger partial charge on any atom is 0.262 e. The number of ether oxygens (including phenoxy) is 1. The molecule has 2 unspecified atom stereocenters. The lowest BCUT2D eigenvalue weighted by atomic mass is 10.2. The predicted octanol–water partition coefficient (Wildman–Crippen LogP) is 4.03. The Bertz CT molecular complexity index is 1130. The highest BCUT2D eigenvalue weighted by atomic mass is 35.5. The molecule has 1 aromatic heterocycles. The molecule has 1 aliphatic heterocycles. The van der Waals surface area contributed by atoms with Crippen molar-refractivity contribution in [2.75, 3.05) is 6.61 Å². The van der Waals surface area contributed by atoms with Gasteiger partial charge in [0.15, 0.2) is 5.16 Å². The van der Waals surface area contributed by atoms with Crippen LogP contribution in [-0.4, -0.2) is 33.4 Å². The SMILES string of the molecule is CC(Sc1nc2cc(Cl)ccc2c(=O)n1CC1CCCO1)C(=O)NCc1ccccc1. The smallest absolute Gasteiger partial charge is 0.262 e. The van der Waals surface area contributed by atoms with Crippen LogP contribution in [0.5, 0.6) is 0 Å². The van der Waals surface area contributed by atoms with Gasteiger partial charge in [-0.05, 0) is 43.5 Å². The summed E-state index contributed by atoms with van der Waals surface area (Å²) in [4.78, 5) is 30.6. The summed E-state index contributed by atoms with van der Waals surface area (Å²) < 4.78 is 7.38. The van der Waals surface area contributed by atoms with E-state index in [1.807, 2.05) is 37.3 Å². The Balaban J connectivity index is 1.58. The molecule has 0 saturated carbocycles. The molecule has 2 aromatic carbocycles. The lowest BCUT2D eigenvalue weighted by molar-refractivity contribution is -0.120. The third kappa shape index (κ3) is 5.29. The molecule has 1 aliphatic rings. The molecule has 4 rings (SSSR count). The summed E-state index contributed by atoms with van der Waals surface area (Å²) in [6, 6.07) is 14.8. The van der Waals surface area contributed by atoms with Crippen LogP contribution < -0.4 is 10.9 Å². The highest BCUT2D eigenvalue weighted by Gasteiger charge is 2.23. The first kappa shape index (κ1) is 21.9. The van der Waals surface area contributed by atoms with Gasteiger partial charge in [-0.15, -0.1) is 0 Å². The number of rotatable bonds is 7. The summed E-state index contributed by atoms with van der Waals surface area (Å²) in [5.74, 6) is -0.113. The predicted molar refractivity (Wildman–Crippen MR) is 124 cm³/mol. The third-order valence-corrected chi connectivity index (χ3v) is 6.58. The van der Waals surface area contributed by atoms with Gasteiger partial charge in [-0.2, -0.15) is 0 Å². The summed E-state index contributed by atoms with van der Waals surface area (Å²) in [5, 5.41) is 4.04. The summed E-state index contributed by atoms with van der Waals surface area (Å²) in [7, 11) is 0. The molecule has 0 bridgehead atoms. The molecule has 31 heavy (non-hydrogen) atoms. The zero-order chi connectivity index (χ0) is 21.8. The number of carbonyl (C=O) groups excluding carboxylic acids is 1. The van der Waals surface area contributed by atoms with Crippen LogP contribution in [-0.2, 0) is 22.6 Å². The summed E-state index contributed by atoms with van der Waals surface area (Å²) in [6.45, 7) is 3.39. The van der Waals surface area contributed by atoms with Crippen molar-refractivity contribution in [2.24, 2.45) is 0 Å². The minimum Gasteiger partial charge on any atom is -0.376 e. The second kappa shape index (κ2) is 9.85. The Labute approximate surface area is 190 Å². The highest BCUT2D eigenvalue weighted by Crippen LogP contribution is 2.25.